The van der Waals surface area contributed by atoms with E-state index < -0.39 is 5.60 Å². The van der Waals surface area contributed by atoms with Gasteiger partial charge in [0.1, 0.15) is 5.60 Å². The molecule has 1 atom stereocenters. The second kappa shape index (κ2) is 6.29. The standard InChI is InChI=1S/C15H18BrClN2O/c1-3-8-19-14(13(17)10-18-19)15(20,4-2)11-6-5-7-12(16)9-11/h5-7,9-10,20H,3-4,8H2,1-2H3. The molecule has 0 amide bonds. The van der Waals surface area contributed by atoms with E-state index in [1.54, 1.807) is 10.9 Å². The van der Waals surface area contributed by atoms with E-state index >= 15 is 0 Å². The van der Waals surface area contributed by atoms with Gasteiger partial charge in [0.25, 0.3) is 0 Å². The largest absolute Gasteiger partial charge is 0.379 e. The van der Waals surface area contributed by atoms with Gasteiger partial charge in [-0.25, -0.2) is 0 Å². The fourth-order valence-electron chi connectivity index (χ4n) is 2.41. The molecule has 1 aromatic heterocycles. The van der Waals surface area contributed by atoms with Gasteiger partial charge in [-0.1, -0.05) is 53.5 Å². The molecule has 0 saturated carbocycles. The molecule has 108 valence electrons. The van der Waals surface area contributed by atoms with Crippen LogP contribution in [0.2, 0.25) is 5.02 Å². The maximum atomic E-state index is 11.2. The molecule has 0 fully saturated rings. The van der Waals surface area contributed by atoms with Gasteiger partial charge in [-0.2, -0.15) is 5.10 Å². The summed E-state index contributed by atoms with van der Waals surface area (Å²) in [5, 5.41) is 16.0. The number of aryl methyl sites for hydroxylation is 1. The molecule has 3 nitrogen and oxygen atoms in total. The molecule has 5 heteroatoms. The normalized spacial score (nSPS) is 14.2. The van der Waals surface area contributed by atoms with E-state index in [0.29, 0.717) is 17.1 Å². The Bertz CT molecular complexity index is 599. The Morgan fingerprint density at radius 2 is 2.15 bits per heavy atom. The van der Waals surface area contributed by atoms with Gasteiger partial charge in [-0.3, -0.25) is 4.68 Å². The minimum absolute atomic E-state index is 0.503. The number of halogens is 2. The zero-order valence-corrected chi connectivity index (χ0v) is 13.9. The van der Waals surface area contributed by atoms with Crippen molar-refractivity contribution in [2.45, 2.75) is 38.8 Å². The summed E-state index contributed by atoms with van der Waals surface area (Å²) in [7, 11) is 0. The summed E-state index contributed by atoms with van der Waals surface area (Å²) >= 11 is 9.73. The van der Waals surface area contributed by atoms with Crippen LogP contribution in [0.3, 0.4) is 0 Å². The summed E-state index contributed by atoms with van der Waals surface area (Å²) in [6, 6.07) is 7.68. The van der Waals surface area contributed by atoms with E-state index in [9.17, 15) is 5.11 Å². The van der Waals surface area contributed by atoms with Gasteiger partial charge in [-0.05, 0) is 30.5 Å². The molecule has 2 aromatic rings. The third kappa shape index (κ3) is 2.78. The number of aliphatic hydroxyl groups is 1. The average molecular weight is 358 g/mol. The quantitative estimate of drug-likeness (QED) is 0.863. The van der Waals surface area contributed by atoms with Crippen molar-refractivity contribution in [3.8, 4) is 0 Å². The third-order valence-corrected chi connectivity index (χ3v) is 4.21. The van der Waals surface area contributed by atoms with Crippen LogP contribution in [-0.2, 0) is 12.1 Å². The number of aromatic nitrogens is 2. The lowest BCUT2D eigenvalue weighted by molar-refractivity contribution is 0.0664. The zero-order chi connectivity index (χ0) is 14.8. The SMILES string of the molecule is CCCn1ncc(Cl)c1C(O)(CC)c1cccc(Br)c1. The van der Waals surface area contributed by atoms with Crippen LogP contribution in [-0.4, -0.2) is 14.9 Å². The molecule has 0 spiro atoms. The van der Waals surface area contributed by atoms with E-state index in [1.165, 1.54) is 0 Å². The monoisotopic (exact) mass is 356 g/mol. The molecule has 0 aliphatic carbocycles. The Morgan fingerprint density at radius 1 is 1.40 bits per heavy atom. The van der Waals surface area contributed by atoms with Crippen molar-refractivity contribution in [1.29, 1.82) is 0 Å². The summed E-state index contributed by atoms with van der Waals surface area (Å²) in [5.74, 6) is 0. The highest BCUT2D eigenvalue weighted by atomic mass is 79.9. The van der Waals surface area contributed by atoms with Crippen LogP contribution >= 0.6 is 27.5 Å². The third-order valence-electron chi connectivity index (χ3n) is 3.44. The highest BCUT2D eigenvalue weighted by Crippen LogP contribution is 2.37. The lowest BCUT2D eigenvalue weighted by Gasteiger charge is -2.29. The first-order chi connectivity index (χ1) is 9.52. The number of nitrogens with zero attached hydrogens (tertiary/aromatic N) is 2. The van der Waals surface area contributed by atoms with Crippen molar-refractivity contribution in [1.82, 2.24) is 9.78 Å². The summed E-state index contributed by atoms with van der Waals surface area (Å²) in [5.41, 5.74) is 0.350. The van der Waals surface area contributed by atoms with Crippen LogP contribution in [0.15, 0.2) is 34.9 Å². The van der Waals surface area contributed by atoms with Crippen molar-refractivity contribution >= 4 is 27.5 Å². The molecule has 0 saturated heterocycles. The van der Waals surface area contributed by atoms with Gasteiger partial charge in [0, 0.05) is 11.0 Å². The Kier molecular flexibility index (Phi) is 4.89. The van der Waals surface area contributed by atoms with E-state index in [-0.39, 0.29) is 0 Å². The lowest BCUT2D eigenvalue weighted by atomic mass is 9.87. The molecule has 0 radical (unpaired) electrons. The Balaban J connectivity index is 2.58. The van der Waals surface area contributed by atoms with Crippen LogP contribution in [0.5, 0.6) is 0 Å². The number of rotatable bonds is 5. The molecule has 1 unspecified atom stereocenters. The van der Waals surface area contributed by atoms with Gasteiger partial charge in [-0.15, -0.1) is 0 Å². The summed E-state index contributed by atoms with van der Waals surface area (Å²) < 4.78 is 2.73. The fraction of sp³-hybridized carbons (Fsp3) is 0.400. The van der Waals surface area contributed by atoms with Gasteiger partial charge in [0.05, 0.1) is 16.9 Å². The topological polar surface area (TPSA) is 38.0 Å². The molecule has 0 aliphatic heterocycles. The number of hydrogen-bond acceptors (Lipinski definition) is 2. The van der Waals surface area contributed by atoms with Gasteiger partial charge in [0.2, 0.25) is 0 Å². The number of hydrogen-bond donors (Lipinski definition) is 1. The fourth-order valence-corrected chi connectivity index (χ4v) is 3.11. The minimum atomic E-state index is -1.13. The van der Waals surface area contributed by atoms with Crippen molar-refractivity contribution in [3.05, 3.63) is 51.2 Å². The molecule has 1 N–H and O–H groups in total. The first kappa shape index (κ1) is 15.5. The highest BCUT2D eigenvalue weighted by Gasteiger charge is 2.35. The maximum absolute atomic E-state index is 11.2. The second-order valence-electron chi connectivity index (χ2n) is 4.79. The molecule has 0 aliphatic rings. The molecule has 2 rings (SSSR count). The van der Waals surface area contributed by atoms with E-state index in [4.69, 9.17) is 11.6 Å². The van der Waals surface area contributed by atoms with Crippen LogP contribution in [0.1, 0.15) is 37.9 Å². The van der Waals surface area contributed by atoms with Crippen molar-refractivity contribution in [2.24, 2.45) is 0 Å². The maximum Gasteiger partial charge on any atom is 0.132 e. The first-order valence-electron chi connectivity index (χ1n) is 6.73. The van der Waals surface area contributed by atoms with Gasteiger partial charge < -0.3 is 5.11 Å². The van der Waals surface area contributed by atoms with Crippen molar-refractivity contribution < 1.29 is 5.11 Å². The van der Waals surface area contributed by atoms with Crippen LogP contribution in [0, 0.1) is 0 Å². The molecular weight excluding hydrogens is 340 g/mol. The number of benzene rings is 1. The van der Waals surface area contributed by atoms with Crippen molar-refractivity contribution in [3.63, 3.8) is 0 Å². The molecule has 1 heterocycles. The Morgan fingerprint density at radius 3 is 2.75 bits per heavy atom. The molecular formula is C15H18BrClN2O. The molecule has 20 heavy (non-hydrogen) atoms. The first-order valence-corrected chi connectivity index (χ1v) is 7.90. The van der Waals surface area contributed by atoms with E-state index in [1.807, 2.05) is 31.2 Å². The molecule has 1 aromatic carbocycles. The summed E-state index contributed by atoms with van der Waals surface area (Å²) in [6.07, 6.45) is 3.06. The average Bonchev–Trinajstić information content (AvgIpc) is 2.80. The van der Waals surface area contributed by atoms with E-state index in [0.717, 1.165) is 23.0 Å². The Hall–Kier alpha value is -0.840. The van der Waals surface area contributed by atoms with Crippen LogP contribution < -0.4 is 0 Å². The molecule has 0 bridgehead atoms. The predicted molar refractivity (Wildman–Crippen MR) is 85.0 cm³/mol. The van der Waals surface area contributed by atoms with Crippen LogP contribution in [0.4, 0.5) is 0 Å². The van der Waals surface area contributed by atoms with Gasteiger partial charge in [0.15, 0.2) is 0 Å². The van der Waals surface area contributed by atoms with Crippen LogP contribution in [0.25, 0.3) is 0 Å². The van der Waals surface area contributed by atoms with Gasteiger partial charge >= 0.3 is 0 Å². The second-order valence-corrected chi connectivity index (χ2v) is 6.11. The van der Waals surface area contributed by atoms with Crippen molar-refractivity contribution in [2.75, 3.05) is 0 Å². The summed E-state index contributed by atoms with van der Waals surface area (Å²) in [4.78, 5) is 0. The predicted octanol–water partition coefficient (Wildman–Crippen LogP) is 4.35. The smallest absolute Gasteiger partial charge is 0.132 e. The van der Waals surface area contributed by atoms with E-state index in [2.05, 4.69) is 28.0 Å². The highest BCUT2D eigenvalue weighted by molar-refractivity contribution is 9.10. The minimum Gasteiger partial charge on any atom is -0.379 e. The lowest BCUT2D eigenvalue weighted by Crippen LogP contribution is -2.30. The Labute approximate surface area is 132 Å². The summed E-state index contributed by atoms with van der Waals surface area (Å²) in [6.45, 7) is 4.75. The zero-order valence-electron chi connectivity index (χ0n) is 11.6.